The number of piperidine rings is 1. The number of hydrogen-bond acceptors (Lipinski definition) is 7. The van der Waals surface area contributed by atoms with Crippen LogP contribution in [0, 0.1) is 0 Å². The molecule has 0 aliphatic carbocycles. The molecule has 1 aliphatic rings. The minimum absolute atomic E-state index is 0.111. The molecule has 8 heteroatoms. The van der Waals surface area contributed by atoms with Crippen molar-refractivity contribution in [3.8, 4) is 12.0 Å². The number of carbonyl (C=O) groups is 1. The van der Waals surface area contributed by atoms with Crippen molar-refractivity contribution >= 4 is 11.9 Å². The molecular formula is C11H17N5O3. The Hall–Kier alpha value is -2.12. The molecule has 1 N–H and O–H groups in total. The lowest BCUT2D eigenvalue weighted by Gasteiger charge is -2.30. The SMILES string of the molecule is COc1nc(NC2CCC(=O)N(C)C2)nc(OC)n1. The predicted molar refractivity (Wildman–Crippen MR) is 67.2 cm³/mol. The first-order chi connectivity index (χ1) is 9.12. The summed E-state index contributed by atoms with van der Waals surface area (Å²) < 4.78 is 9.96. The molecule has 0 spiro atoms. The molecule has 1 aromatic heterocycles. The van der Waals surface area contributed by atoms with Crippen molar-refractivity contribution in [3.63, 3.8) is 0 Å². The van der Waals surface area contributed by atoms with E-state index < -0.39 is 0 Å². The monoisotopic (exact) mass is 267 g/mol. The summed E-state index contributed by atoms with van der Waals surface area (Å²) in [4.78, 5) is 25.2. The highest BCUT2D eigenvalue weighted by molar-refractivity contribution is 5.76. The first-order valence-electron chi connectivity index (χ1n) is 5.97. The molecule has 1 amide bonds. The van der Waals surface area contributed by atoms with Gasteiger partial charge in [0.1, 0.15) is 0 Å². The fourth-order valence-electron chi connectivity index (χ4n) is 1.90. The number of nitrogens with zero attached hydrogens (tertiary/aromatic N) is 4. The van der Waals surface area contributed by atoms with Gasteiger partial charge in [0.25, 0.3) is 0 Å². The van der Waals surface area contributed by atoms with E-state index in [4.69, 9.17) is 9.47 Å². The fourth-order valence-corrected chi connectivity index (χ4v) is 1.90. The maximum atomic E-state index is 11.4. The molecule has 1 unspecified atom stereocenters. The number of hydrogen-bond donors (Lipinski definition) is 1. The van der Waals surface area contributed by atoms with Gasteiger partial charge in [-0.3, -0.25) is 4.79 Å². The molecule has 1 atom stereocenters. The van der Waals surface area contributed by atoms with Crippen LogP contribution in [0.4, 0.5) is 5.95 Å². The second-order valence-corrected chi connectivity index (χ2v) is 4.29. The number of nitrogens with one attached hydrogen (secondary N) is 1. The smallest absolute Gasteiger partial charge is 0.324 e. The lowest BCUT2D eigenvalue weighted by atomic mass is 10.1. The number of carbonyl (C=O) groups excluding carboxylic acids is 1. The van der Waals surface area contributed by atoms with Crippen molar-refractivity contribution in [2.45, 2.75) is 18.9 Å². The van der Waals surface area contributed by atoms with Crippen LogP contribution in [0.1, 0.15) is 12.8 Å². The summed E-state index contributed by atoms with van der Waals surface area (Å²) in [7, 11) is 4.74. The second kappa shape index (κ2) is 5.68. The van der Waals surface area contributed by atoms with Crippen LogP contribution in [-0.2, 0) is 4.79 Å². The van der Waals surface area contributed by atoms with Gasteiger partial charge < -0.3 is 19.7 Å². The van der Waals surface area contributed by atoms with Crippen molar-refractivity contribution in [1.29, 1.82) is 0 Å². The standard InChI is InChI=1S/C11H17N5O3/c1-16-6-7(4-5-8(16)17)12-9-13-10(18-2)15-11(14-9)19-3/h7H,4-6H2,1-3H3,(H,12,13,14,15). The molecule has 2 rings (SSSR count). The molecule has 19 heavy (non-hydrogen) atoms. The fraction of sp³-hybridized carbons (Fsp3) is 0.636. The van der Waals surface area contributed by atoms with Gasteiger partial charge in [-0.1, -0.05) is 0 Å². The van der Waals surface area contributed by atoms with E-state index in [0.717, 1.165) is 6.42 Å². The van der Waals surface area contributed by atoms with Gasteiger partial charge in [0, 0.05) is 26.1 Å². The summed E-state index contributed by atoms with van der Waals surface area (Å²) >= 11 is 0. The van der Waals surface area contributed by atoms with Gasteiger partial charge in [-0.25, -0.2) is 0 Å². The van der Waals surface area contributed by atoms with Crippen molar-refractivity contribution in [2.24, 2.45) is 0 Å². The molecule has 0 radical (unpaired) electrons. The predicted octanol–water partition coefficient (Wildman–Crippen LogP) is -0.0785. The third-order valence-corrected chi connectivity index (χ3v) is 2.92. The van der Waals surface area contributed by atoms with E-state index in [2.05, 4.69) is 20.3 Å². The van der Waals surface area contributed by atoms with Crippen molar-refractivity contribution < 1.29 is 14.3 Å². The maximum absolute atomic E-state index is 11.4. The summed E-state index contributed by atoms with van der Waals surface area (Å²) in [5, 5.41) is 3.17. The molecule has 0 saturated carbocycles. The van der Waals surface area contributed by atoms with Gasteiger partial charge >= 0.3 is 12.0 Å². The number of aromatic nitrogens is 3. The van der Waals surface area contributed by atoms with Crippen molar-refractivity contribution in [3.05, 3.63) is 0 Å². The summed E-state index contributed by atoms with van der Waals surface area (Å²) in [6.07, 6.45) is 1.27. The molecular weight excluding hydrogens is 250 g/mol. The minimum atomic E-state index is 0.111. The van der Waals surface area contributed by atoms with Gasteiger partial charge in [0.05, 0.1) is 14.2 Å². The highest BCUT2D eigenvalue weighted by Gasteiger charge is 2.23. The lowest BCUT2D eigenvalue weighted by molar-refractivity contribution is -0.132. The number of likely N-dealkylation sites (N-methyl/N-ethyl adjacent to an activating group) is 1. The van der Waals surface area contributed by atoms with E-state index in [1.807, 2.05) is 0 Å². The number of ether oxygens (including phenoxy) is 2. The van der Waals surface area contributed by atoms with Crippen LogP contribution in [0.5, 0.6) is 12.0 Å². The van der Waals surface area contributed by atoms with Gasteiger partial charge in [-0.15, -0.1) is 4.98 Å². The quantitative estimate of drug-likeness (QED) is 0.816. The average Bonchev–Trinajstić information content (AvgIpc) is 2.42. The number of rotatable bonds is 4. The zero-order chi connectivity index (χ0) is 13.8. The molecule has 1 aromatic rings. The summed E-state index contributed by atoms with van der Waals surface area (Å²) in [6, 6.07) is 0.490. The molecule has 1 aliphatic heterocycles. The summed E-state index contributed by atoms with van der Waals surface area (Å²) in [6.45, 7) is 0.620. The van der Waals surface area contributed by atoms with Gasteiger partial charge in [0.15, 0.2) is 0 Å². The summed E-state index contributed by atoms with van der Waals surface area (Å²) in [5.41, 5.74) is 0. The van der Waals surface area contributed by atoms with Gasteiger partial charge in [0.2, 0.25) is 11.9 Å². The highest BCUT2D eigenvalue weighted by Crippen LogP contribution is 2.16. The normalized spacial score (nSPS) is 19.2. The molecule has 104 valence electrons. The molecule has 8 nitrogen and oxygen atoms in total. The Morgan fingerprint density at radius 2 is 1.84 bits per heavy atom. The van der Waals surface area contributed by atoms with Gasteiger partial charge in [-0.05, 0) is 6.42 Å². The van der Waals surface area contributed by atoms with Crippen LogP contribution in [0.3, 0.4) is 0 Å². The third kappa shape index (κ3) is 3.21. The molecule has 0 bridgehead atoms. The molecule has 1 saturated heterocycles. The van der Waals surface area contributed by atoms with Crippen LogP contribution in [0.15, 0.2) is 0 Å². The highest BCUT2D eigenvalue weighted by atomic mass is 16.5. The number of likely N-dealkylation sites (tertiary alicyclic amines) is 1. The van der Waals surface area contributed by atoms with Crippen molar-refractivity contribution in [2.75, 3.05) is 33.1 Å². The van der Waals surface area contributed by atoms with E-state index >= 15 is 0 Å². The van der Waals surface area contributed by atoms with Crippen LogP contribution < -0.4 is 14.8 Å². The lowest BCUT2D eigenvalue weighted by Crippen LogP contribution is -2.43. The van der Waals surface area contributed by atoms with E-state index in [9.17, 15) is 4.79 Å². The topological polar surface area (TPSA) is 89.5 Å². The Morgan fingerprint density at radius 3 is 2.37 bits per heavy atom. The van der Waals surface area contributed by atoms with Crippen molar-refractivity contribution in [1.82, 2.24) is 19.9 Å². The van der Waals surface area contributed by atoms with E-state index in [1.165, 1.54) is 14.2 Å². The zero-order valence-electron chi connectivity index (χ0n) is 11.2. The second-order valence-electron chi connectivity index (χ2n) is 4.29. The number of amides is 1. The maximum Gasteiger partial charge on any atom is 0.324 e. The van der Waals surface area contributed by atoms with Crippen LogP contribution in [0.25, 0.3) is 0 Å². The minimum Gasteiger partial charge on any atom is -0.467 e. The molecule has 0 aromatic carbocycles. The van der Waals surface area contributed by atoms with Crippen LogP contribution in [-0.4, -0.2) is 59.6 Å². The van der Waals surface area contributed by atoms with E-state index in [-0.39, 0.29) is 24.0 Å². The first-order valence-corrected chi connectivity index (χ1v) is 5.97. The first kappa shape index (κ1) is 13.3. The molecule has 1 fully saturated rings. The van der Waals surface area contributed by atoms with Crippen LogP contribution in [0.2, 0.25) is 0 Å². The number of anilines is 1. The Labute approximate surface area is 111 Å². The molecule has 2 heterocycles. The zero-order valence-corrected chi connectivity index (χ0v) is 11.2. The van der Waals surface area contributed by atoms with E-state index in [1.54, 1.807) is 11.9 Å². The average molecular weight is 267 g/mol. The Balaban J connectivity index is 2.08. The largest absolute Gasteiger partial charge is 0.467 e. The van der Waals surface area contributed by atoms with E-state index in [0.29, 0.717) is 18.9 Å². The van der Waals surface area contributed by atoms with Crippen LogP contribution >= 0.6 is 0 Å². The Morgan fingerprint density at radius 1 is 1.21 bits per heavy atom. The third-order valence-electron chi connectivity index (χ3n) is 2.92. The van der Waals surface area contributed by atoms with Gasteiger partial charge in [-0.2, -0.15) is 9.97 Å². The number of methoxy groups -OCH3 is 2. The Kier molecular flexibility index (Phi) is 3.98. The Bertz CT molecular complexity index is 445. The summed E-state index contributed by atoms with van der Waals surface area (Å²) in [5.74, 6) is 0.542.